The number of nitrogens with two attached hydrogens (primary N) is 1. The van der Waals surface area contributed by atoms with Crippen molar-refractivity contribution < 1.29 is 13.2 Å². The Morgan fingerprint density at radius 1 is 1.18 bits per heavy atom. The van der Waals surface area contributed by atoms with E-state index >= 15 is 0 Å². The van der Waals surface area contributed by atoms with Crippen LogP contribution < -0.4 is 5.73 Å². The third-order valence-corrected chi connectivity index (χ3v) is 2.45. The molecule has 0 aliphatic rings. The highest BCUT2D eigenvalue weighted by atomic mass is 35.5. The third kappa shape index (κ3) is 2.36. The van der Waals surface area contributed by atoms with Crippen molar-refractivity contribution in [1.29, 1.82) is 0 Å². The second-order valence-corrected chi connectivity index (χ2v) is 3.76. The highest BCUT2D eigenvalue weighted by molar-refractivity contribution is 6.32. The van der Waals surface area contributed by atoms with Crippen LogP contribution >= 0.6 is 11.6 Å². The van der Waals surface area contributed by atoms with Crippen LogP contribution in [-0.4, -0.2) is 9.78 Å². The predicted molar refractivity (Wildman–Crippen MR) is 58.0 cm³/mol. The van der Waals surface area contributed by atoms with E-state index in [4.69, 9.17) is 17.3 Å². The Bertz CT molecular complexity index is 511. The van der Waals surface area contributed by atoms with Gasteiger partial charge >= 0.3 is 6.18 Å². The van der Waals surface area contributed by atoms with Crippen LogP contribution in [0.2, 0.25) is 5.02 Å². The molecule has 0 aliphatic heterocycles. The quantitative estimate of drug-likeness (QED) is 0.857. The van der Waals surface area contributed by atoms with Crippen LogP contribution in [0.25, 0.3) is 5.69 Å². The van der Waals surface area contributed by atoms with Gasteiger partial charge in [-0.25, -0.2) is 4.68 Å². The largest absolute Gasteiger partial charge is 0.416 e. The topological polar surface area (TPSA) is 43.8 Å². The highest BCUT2D eigenvalue weighted by Gasteiger charge is 2.30. The van der Waals surface area contributed by atoms with Gasteiger partial charge in [0, 0.05) is 0 Å². The molecule has 0 atom stereocenters. The number of halogens is 4. The van der Waals surface area contributed by atoms with Gasteiger partial charge in [-0.3, -0.25) is 0 Å². The molecule has 17 heavy (non-hydrogen) atoms. The Hall–Kier alpha value is -1.69. The molecule has 1 heterocycles. The van der Waals surface area contributed by atoms with E-state index < -0.39 is 11.7 Å². The summed E-state index contributed by atoms with van der Waals surface area (Å²) in [5.74, 6) is 0.131. The number of alkyl halides is 3. The monoisotopic (exact) mass is 261 g/mol. The lowest BCUT2D eigenvalue weighted by atomic mass is 10.2. The zero-order chi connectivity index (χ0) is 12.6. The number of rotatable bonds is 1. The van der Waals surface area contributed by atoms with Gasteiger partial charge in [0.05, 0.1) is 17.4 Å². The average molecular weight is 262 g/mol. The first-order chi connectivity index (χ1) is 7.88. The van der Waals surface area contributed by atoms with Crippen molar-refractivity contribution in [2.24, 2.45) is 0 Å². The molecule has 0 amide bonds. The molecule has 7 heteroatoms. The summed E-state index contributed by atoms with van der Waals surface area (Å²) in [7, 11) is 0. The zero-order valence-corrected chi connectivity index (χ0v) is 9.13. The lowest BCUT2D eigenvalue weighted by molar-refractivity contribution is -0.137. The maximum atomic E-state index is 12.3. The summed E-state index contributed by atoms with van der Waals surface area (Å²) >= 11 is 5.69. The molecule has 0 radical (unpaired) electrons. The standard InChI is InChI=1S/C10H7ClF3N3/c11-8-5-17(16-9(8)15)7-3-1-6(2-4-7)10(12,13)14/h1-5H,(H2,15,16). The van der Waals surface area contributed by atoms with Crippen LogP contribution in [0.15, 0.2) is 30.5 Å². The number of hydrogen-bond acceptors (Lipinski definition) is 2. The van der Waals surface area contributed by atoms with Crippen LogP contribution in [0.3, 0.4) is 0 Å². The molecule has 0 bridgehead atoms. The van der Waals surface area contributed by atoms with Gasteiger partial charge in [-0.1, -0.05) is 11.6 Å². The Morgan fingerprint density at radius 3 is 2.18 bits per heavy atom. The molecular formula is C10H7ClF3N3. The number of aromatic nitrogens is 2. The van der Waals surface area contributed by atoms with Crippen LogP contribution in [0, 0.1) is 0 Å². The summed E-state index contributed by atoms with van der Waals surface area (Å²) in [6.45, 7) is 0. The summed E-state index contributed by atoms with van der Waals surface area (Å²) in [6.07, 6.45) is -2.92. The summed E-state index contributed by atoms with van der Waals surface area (Å²) in [4.78, 5) is 0. The van der Waals surface area contributed by atoms with Crippen molar-refractivity contribution in [1.82, 2.24) is 9.78 Å². The smallest absolute Gasteiger partial charge is 0.381 e. The fraction of sp³-hybridized carbons (Fsp3) is 0.100. The Labute approximate surface area is 99.6 Å². The van der Waals surface area contributed by atoms with E-state index in [1.165, 1.54) is 23.0 Å². The molecule has 0 aliphatic carbocycles. The number of benzene rings is 1. The number of nitrogen functional groups attached to an aromatic ring is 1. The molecule has 90 valence electrons. The van der Waals surface area contributed by atoms with Crippen molar-refractivity contribution in [2.75, 3.05) is 5.73 Å². The van der Waals surface area contributed by atoms with Gasteiger partial charge < -0.3 is 5.73 Å². The molecule has 3 nitrogen and oxygen atoms in total. The molecule has 0 unspecified atom stereocenters. The SMILES string of the molecule is Nc1nn(-c2ccc(C(F)(F)F)cc2)cc1Cl. The molecule has 0 spiro atoms. The fourth-order valence-corrected chi connectivity index (χ4v) is 1.43. The fourth-order valence-electron chi connectivity index (χ4n) is 1.30. The van der Waals surface area contributed by atoms with Gasteiger partial charge in [-0.15, -0.1) is 5.10 Å². The molecule has 1 aromatic carbocycles. The molecular weight excluding hydrogens is 255 g/mol. The summed E-state index contributed by atoms with van der Waals surface area (Å²) in [5.41, 5.74) is 5.17. The minimum atomic E-state index is -4.35. The maximum Gasteiger partial charge on any atom is 0.416 e. The number of hydrogen-bond donors (Lipinski definition) is 1. The molecule has 0 saturated heterocycles. The third-order valence-electron chi connectivity index (χ3n) is 2.15. The normalized spacial score (nSPS) is 11.8. The minimum absolute atomic E-state index is 0.131. The van der Waals surface area contributed by atoms with E-state index in [-0.39, 0.29) is 10.8 Å². The van der Waals surface area contributed by atoms with Crippen LogP contribution in [0.5, 0.6) is 0 Å². The average Bonchev–Trinajstić information content (AvgIpc) is 2.58. The van der Waals surface area contributed by atoms with E-state index in [0.717, 1.165) is 12.1 Å². The van der Waals surface area contributed by atoms with Crippen molar-refractivity contribution in [2.45, 2.75) is 6.18 Å². The minimum Gasteiger partial charge on any atom is -0.381 e. The molecule has 0 saturated carbocycles. The first kappa shape index (κ1) is 11.8. The van der Waals surface area contributed by atoms with Gasteiger partial charge in [-0.05, 0) is 24.3 Å². The van der Waals surface area contributed by atoms with Crippen molar-refractivity contribution in [3.63, 3.8) is 0 Å². The van der Waals surface area contributed by atoms with Crippen molar-refractivity contribution >= 4 is 17.4 Å². The lowest BCUT2D eigenvalue weighted by Crippen LogP contribution is -2.05. The summed E-state index contributed by atoms with van der Waals surface area (Å²) in [5, 5.41) is 4.11. The molecule has 1 aromatic heterocycles. The molecule has 2 N–H and O–H groups in total. The number of anilines is 1. The van der Waals surface area contributed by atoms with Crippen molar-refractivity contribution in [3.8, 4) is 5.69 Å². The van der Waals surface area contributed by atoms with Gasteiger partial charge in [-0.2, -0.15) is 13.2 Å². The molecule has 2 aromatic rings. The zero-order valence-electron chi connectivity index (χ0n) is 8.37. The highest BCUT2D eigenvalue weighted by Crippen LogP contribution is 2.29. The summed E-state index contributed by atoms with van der Waals surface area (Å²) < 4.78 is 38.3. The maximum absolute atomic E-state index is 12.3. The van der Waals surface area contributed by atoms with Gasteiger partial charge in [0.15, 0.2) is 5.82 Å². The van der Waals surface area contributed by atoms with E-state index in [0.29, 0.717) is 5.69 Å². The lowest BCUT2D eigenvalue weighted by Gasteiger charge is -2.07. The Morgan fingerprint density at radius 2 is 1.76 bits per heavy atom. The van der Waals surface area contributed by atoms with Crippen molar-refractivity contribution in [3.05, 3.63) is 41.0 Å². The first-order valence-corrected chi connectivity index (χ1v) is 4.94. The Kier molecular flexibility index (Phi) is 2.74. The van der Waals surface area contributed by atoms with E-state index in [9.17, 15) is 13.2 Å². The predicted octanol–water partition coefficient (Wildman–Crippen LogP) is 3.13. The van der Waals surface area contributed by atoms with Crippen LogP contribution in [-0.2, 0) is 6.18 Å². The summed E-state index contributed by atoms with van der Waals surface area (Å²) in [6, 6.07) is 4.54. The first-order valence-electron chi connectivity index (χ1n) is 4.56. The molecule has 2 rings (SSSR count). The second kappa shape index (κ2) is 3.96. The second-order valence-electron chi connectivity index (χ2n) is 3.35. The van der Waals surface area contributed by atoms with Crippen LogP contribution in [0.1, 0.15) is 5.56 Å². The van der Waals surface area contributed by atoms with Gasteiger partial charge in [0.25, 0.3) is 0 Å². The number of nitrogens with zero attached hydrogens (tertiary/aromatic N) is 2. The Balaban J connectivity index is 2.36. The molecule has 0 fully saturated rings. The van der Waals surface area contributed by atoms with Gasteiger partial charge in [0.1, 0.15) is 5.02 Å². The van der Waals surface area contributed by atoms with E-state index in [2.05, 4.69) is 5.10 Å². The van der Waals surface area contributed by atoms with E-state index in [1.807, 2.05) is 0 Å². The van der Waals surface area contributed by atoms with Crippen LogP contribution in [0.4, 0.5) is 19.0 Å². The van der Waals surface area contributed by atoms with E-state index in [1.54, 1.807) is 0 Å². The van der Waals surface area contributed by atoms with Gasteiger partial charge in [0.2, 0.25) is 0 Å².